The van der Waals surface area contributed by atoms with Crippen molar-refractivity contribution in [2.75, 3.05) is 0 Å². The van der Waals surface area contributed by atoms with Crippen LogP contribution >= 0.6 is 0 Å². The molecule has 0 heterocycles. The molecule has 2 aromatic carbocycles. The molecule has 3 N–H and O–H groups in total. The van der Waals surface area contributed by atoms with E-state index >= 15 is 0 Å². The van der Waals surface area contributed by atoms with Gasteiger partial charge in [-0.25, -0.2) is 12.8 Å². The van der Waals surface area contributed by atoms with E-state index in [4.69, 9.17) is 5.73 Å². The van der Waals surface area contributed by atoms with Crippen LogP contribution in [0.25, 0.3) is 0 Å². The van der Waals surface area contributed by atoms with Crippen molar-refractivity contribution in [3.8, 4) is 0 Å². The van der Waals surface area contributed by atoms with Crippen LogP contribution in [0.1, 0.15) is 17.2 Å². The number of carbonyl (C=O) groups is 1. The van der Waals surface area contributed by atoms with Crippen LogP contribution in [0.15, 0.2) is 53.4 Å². The Morgan fingerprint density at radius 1 is 1.14 bits per heavy atom. The van der Waals surface area contributed by atoms with Gasteiger partial charge in [-0.1, -0.05) is 30.3 Å². The zero-order valence-corrected chi connectivity index (χ0v) is 12.6. The molecule has 7 heteroatoms. The van der Waals surface area contributed by atoms with Gasteiger partial charge in [-0.05, 0) is 36.2 Å². The van der Waals surface area contributed by atoms with Gasteiger partial charge in [0.25, 0.3) is 0 Å². The van der Waals surface area contributed by atoms with E-state index in [0.717, 1.165) is 12.1 Å². The number of amides is 1. The van der Waals surface area contributed by atoms with Crippen LogP contribution in [0.3, 0.4) is 0 Å². The summed E-state index contributed by atoms with van der Waals surface area (Å²) in [6, 6.07) is 9.98. The van der Waals surface area contributed by atoms with E-state index in [9.17, 15) is 17.6 Å². The fraction of sp³-hybridized carbons (Fsp3) is 0.133. The maximum absolute atomic E-state index is 13.0. The lowest BCUT2D eigenvalue weighted by atomic mass is 10.1. The van der Waals surface area contributed by atoms with E-state index in [0.29, 0.717) is 5.56 Å². The maximum Gasteiger partial charge on any atom is 0.241 e. The third-order valence-corrected chi connectivity index (χ3v) is 4.73. The SMILES string of the molecule is Cc1ccccc1S(=O)(=O)N[C@H](C(N)=O)c1ccc(F)cc1. The second kappa shape index (κ2) is 6.25. The number of nitrogens with two attached hydrogens (primary N) is 1. The molecule has 0 unspecified atom stereocenters. The number of primary amides is 1. The molecule has 0 spiro atoms. The van der Waals surface area contributed by atoms with Crippen LogP contribution in [-0.2, 0) is 14.8 Å². The van der Waals surface area contributed by atoms with Gasteiger partial charge >= 0.3 is 0 Å². The van der Waals surface area contributed by atoms with E-state index in [1.54, 1.807) is 25.1 Å². The highest BCUT2D eigenvalue weighted by Crippen LogP contribution is 2.19. The number of halogens is 1. The van der Waals surface area contributed by atoms with Crippen molar-refractivity contribution in [2.45, 2.75) is 17.9 Å². The first-order valence-corrected chi connectivity index (χ1v) is 7.92. The topological polar surface area (TPSA) is 89.3 Å². The van der Waals surface area contributed by atoms with Gasteiger partial charge in [-0.3, -0.25) is 4.79 Å². The Hall–Kier alpha value is -2.25. The molecule has 0 aliphatic heterocycles. The Balaban J connectivity index is 2.38. The summed E-state index contributed by atoms with van der Waals surface area (Å²) < 4.78 is 40.0. The molecule has 0 saturated carbocycles. The molecule has 2 aromatic rings. The second-order valence-electron chi connectivity index (χ2n) is 4.77. The third kappa shape index (κ3) is 3.49. The molecule has 0 bridgehead atoms. The second-order valence-corrected chi connectivity index (χ2v) is 6.46. The molecular weight excluding hydrogens is 307 g/mol. The number of sulfonamides is 1. The predicted molar refractivity (Wildman–Crippen MR) is 79.8 cm³/mol. The summed E-state index contributed by atoms with van der Waals surface area (Å²) in [5.41, 5.74) is 6.08. The van der Waals surface area contributed by atoms with Gasteiger partial charge in [0, 0.05) is 0 Å². The highest BCUT2D eigenvalue weighted by atomic mass is 32.2. The van der Waals surface area contributed by atoms with Gasteiger partial charge < -0.3 is 5.73 Å². The van der Waals surface area contributed by atoms with E-state index in [2.05, 4.69) is 4.72 Å². The molecule has 0 aromatic heterocycles. The Labute approximate surface area is 128 Å². The van der Waals surface area contributed by atoms with Crippen LogP contribution in [0.5, 0.6) is 0 Å². The molecule has 0 radical (unpaired) electrons. The lowest BCUT2D eigenvalue weighted by Gasteiger charge is -2.17. The van der Waals surface area contributed by atoms with Gasteiger partial charge in [-0.15, -0.1) is 0 Å². The first kappa shape index (κ1) is 16.1. The molecule has 0 saturated heterocycles. The van der Waals surface area contributed by atoms with Crippen LogP contribution in [-0.4, -0.2) is 14.3 Å². The fourth-order valence-electron chi connectivity index (χ4n) is 2.02. The molecular formula is C15H15FN2O3S. The van der Waals surface area contributed by atoms with E-state index in [-0.39, 0.29) is 10.5 Å². The number of aryl methyl sites for hydroxylation is 1. The summed E-state index contributed by atoms with van der Waals surface area (Å²) in [4.78, 5) is 11.6. The van der Waals surface area contributed by atoms with Gasteiger partial charge in [-0.2, -0.15) is 4.72 Å². The highest BCUT2D eigenvalue weighted by Gasteiger charge is 2.26. The van der Waals surface area contributed by atoms with Crippen molar-refractivity contribution in [1.82, 2.24) is 4.72 Å². The maximum atomic E-state index is 13.0. The normalized spacial score (nSPS) is 12.8. The summed E-state index contributed by atoms with van der Waals surface area (Å²) in [7, 11) is -3.94. The van der Waals surface area contributed by atoms with Crippen molar-refractivity contribution in [1.29, 1.82) is 0 Å². The molecule has 1 amide bonds. The van der Waals surface area contributed by atoms with Crippen LogP contribution in [0.4, 0.5) is 4.39 Å². The van der Waals surface area contributed by atoms with Crippen molar-refractivity contribution in [2.24, 2.45) is 5.73 Å². The molecule has 0 aliphatic carbocycles. The molecule has 116 valence electrons. The van der Waals surface area contributed by atoms with E-state index in [1.807, 2.05) is 0 Å². The summed E-state index contributed by atoms with van der Waals surface area (Å²) in [6.45, 7) is 1.64. The summed E-state index contributed by atoms with van der Waals surface area (Å²) >= 11 is 0. The summed E-state index contributed by atoms with van der Waals surface area (Å²) in [6.07, 6.45) is 0. The van der Waals surface area contributed by atoms with Crippen LogP contribution in [0.2, 0.25) is 0 Å². The van der Waals surface area contributed by atoms with Gasteiger partial charge in [0.1, 0.15) is 11.9 Å². The number of nitrogens with one attached hydrogen (secondary N) is 1. The molecule has 5 nitrogen and oxygen atoms in total. The Kier molecular flexibility index (Phi) is 4.58. The Bertz CT molecular complexity index is 789. The van der Waals surface area contributed by atoms with Gasteiger partial charge in [0.15, 0.2) is 0 Å². The minimum absolute atomic E-state index is 0.0587. The summed E-state index contributed by atoms with van der Waals surface area (Å²) in [5, 5.41) is 0. The average Bonchev–Trinajstić information content (AvgIpc) is 2.46. The number of benzene rings is 2. The van der Waals surface area contributed by atoms with Gasteiger partial charge in [0.2, 0.25) is 15.9 Å². The van der Waals surface area contributed by atoms with Gasteiger partial charge in [0.05, 0.1) is 4.90 Å². The zero-order valence-electron chi connectivity index (χ0n) is 11.8. The number of carbonyl (C=O) groups excluding carboxylic acids is 1. The smallest absolute Gasteiger partial charge is 0.241 e. The third-order valence-electron chi connectivity index (χ3n) is 3.14. The van der Waals surface area contributed by atoms with Crippen molar-refractivity contribution in [3.63, 3.8) is 0 Å². The molecule has 0 fully saturated rings. The standard InChI is InChI=1S/C15H15FN2O3S/c1-10-4-2-3-5-13(10)22(20,21)18-14(15(17)19)11-6-8-12(16)9-7-11/h2-9,14,18H,1H3,(H2,17,19)/t14-/m0/s1. The zero-order chi connectivity index (χ0) is 16.3. The Morgan fingerprint density at radius 3 is 2.27 bits per heavy atom. The lowest BCUT2D eigenvalue weighted by Crippen LogP contribution is -2.37. The highest BCUT2D eigenvalue weighted by molar-refractivity contribution is 7.89. The minimum atomic E-state index is -3.94. The quantitative estimate of drug-likeness (QED) is 0.877. The van der Waals surface area contributed by atoms with E-state index in [1.165, 1.54) is 18.2 Å². The van der Waals surface area contributed by atoms with Crippen LogP contribution < -0.4 is 10.5 Å². The fourth-order valence-corrected chi connectivity index (χ4v) is 3.46. The molecule has 1 atom stereocenters. The first-order valence-electron chi connectivity index (χ1n) is 6.44. The van der Waals surface area contributed by atoms with E-state index < -0.39 is 27.8 Å². The molecule has 0 aliphatic rings. The Morgan fingerprint density at radius 2 is 1.73 bits per heavy atom. The average molecular weight is 322 g/mol. The predicted octanol–water partition coefficient (Wildman–Crippen LogP) is 1.64. The number of hydrogen-bond donors (Lipinski definition) is 2. The molecule has 22 heavy (non-hydrogen) atoms. The summed E-state index contributed by atoms with van der Waals surface area (Å²) in [5.74, 6) is -1.36. The minimum Gasteiger partial charge on any atom is -0.368 e. The number of hydrogen-bond acceptors (Lipinski definition) is 3. The monoisotopic (exact) mass is 322 g/mol. The molecule has 2 rings (SSSR count). The van der Waals surface area contributed by atoms with Crippen LogP contribution in [0, 0.1) is 12.7 Å². The van der Waals surface area contributed by atoms with Crippen molar-refractivity contribution >= 4 is 15.9 Å². The largest absolute Gasteiger partial charge is 0.368 e. The first-order chi connectivity index (χ1) is 10.3. The lowest BCUT2D eigenvalue weighted by molar-refractivity contribution is -0.119. The van der Waals surface area contributed by atoms with Crippen molar-refractivity contribution < 1.29 is 17.6 Å². The van der Waals surface area contributed by atoms with Crippen molar-refractivity contribution in [3.05, 3.63) is 65.5 Å². The number of rotatable bonds is 5.